The Balaban J connectivity index is 1.72. The van der Waals surface area contributed by atoms with Crippen LogP contribution in [0, 0.1) is 0 Å². The van der Waals surface area contributed by atoms with Crippen LogP contribution in [0.2, 0.25) is 0 Å². The Hall–Kier alpha value is -1.69. The molecule has 1 aliphatic heterocycles. The van der Waals surface area contributed by atoms with Gasteiger partial charge in [0.1, 0.15) is 0 Å². The third-order valence-corrected chi connectivity index (χ3v) is 5.95. The fraction of sp³-hybridized carbons (Fsp3) is 0.368. The zero-order valence-electron chi connectivity index (χ0n) is 14.0. The van der Waals surface area contributed by atoms with Crippen molar-refractivity contribution in [1.82, 2.24) is 4.90 Å². The summed E-state index contributed by atoms with van der Waals surface area (Å²) in [7, 11) is -3.21. The summed E-state index contributed by atoms with van der Waals surface area (Å²) < 4.78 is 23.0. The summed E-state index contributed by atoms with van der Waals surface area (Å²) in [5.41, 5.74) is 3.45. The van der Waals surface area contributed by atoms with Gasteiger partial charge >= 0.3 is 0 Å². The lowest BCUT2D eigenvalue weighted by atomic mass is 9.93. The highest BCUT2D eigenvalue weighted by molar-refractivity contribution is 7.90. The molecule has 2 aromatic rings. The van der Waals surface area contributed by atoms with Crippen LogP contribution < -0.4 is 0 Å². The predicted molar refractivity (Wildman–Crippen MR) is 94.6 cm³/mol. The first-order chi connectivity index (χ1) is 11.4. The van der Waals surface area contributed by atoms with Gasteiger partial charge in [-0.05, 0) is 42.2 Å². The summed E-state index contributed by atoms with van der Waals surface area (Å²) in [6.45, 7) is 3.61. The van der Waals surface area contributed by atoms with Crippen LogP contribution in [0.4, 0.5) is 0 Å². The van der Waals surface area contributed by atoms with Gasteiger partial charge in [0.15, 0.2) is 9.84 Å². The molecule has 0 saturated carbocycles. The number of aliphatic hydroxyl groups is 1. The van der Waals surface area contributed by atoms with Crippen LogP contribution in [0.15, 0.2) is 53.4 Å². The number of benzene rings is 2. The molecule has 0 fully saturated rings. The predicted octanol–water partition coefficient (Wildman–Crippen LogP) is 2.74. The summed E-state index contributed by atoms with van der Waals surface area (Å²) in [6.07, 6.45) is 1.54. The first-order valence-corrected chi connectivity index (χ1v) is 10.1. The van der Waals surface area contributed by atoms with Crippen LogP contribution in [-0.4, -0.2) is 37.8 Å². The van der Waals surface area contributed by atoms with E-state index < -0.39 is 15.9 Å². The van der Waals surface area contributed by atoms with Crippen LogP contribution in [0.25, 0.3) is 0 Å². The quantitative estimate of drug-likeness (QED) is 0.926. The summed E-state index contributed by atoms with van der Waals surface area (Å²) in [6, 6.07) is 15.2. The standard InChI is InChI=1S/C19H23NO3S/c1-14-18-6-4-3-5-15(18)11-12-20(14)13-19(21)16-7-9-17(10-8-16)24(2,22)23/h3-10,14,19,21H,11-13H2,1-2H3. The van der Waals surface area contributed by atoms with E-state index >= 15 is 0 Å². The number of fused-ring (bicyclic) bond motifs is 1. The lowest BCUT2D eigenvalue weighted by Gasteiger charge is -2.36. The molecular formula is C19H23NO3S. The molecule has 4 nitrogen and oxygen atoms in total. The maximum atomic E-state index is 11.5. The Morgan fingerprint density at radius 2 is 1.83 bits per heavy atom. The number of hydrogen-bond acceptors (Lipinski definition) is 4. The molecule has 1 N–H and O–H groups in total. The third kappa shape index (κ3) is 3.53. The second-order valence-corrected chi connectivity index (χ2v) is 8.49. The number of aliphatic hydroxyl groups excluding tert-OH is 1. The van der Waals surface area contributed by atoms with E-state index in [2.05, 4.69) is 36.1 Å². The number of β-amino-alcohol motifs (C(OH)–C–C–N with tert-alkyl or cyclic N) is 1. The van der Waals surface area contributed by atoms with Crippen molar-refractivity contribution in [2.24, 2.45) is 0 Å². The number of nitrogens with zero attached hydrogens (tertiary/aromatic N) is 1. The van der Waals surface area contributed by atoms with E-state index in [-0.39, 0.29) is 10.9 Å². The van der Waals surface area contributed by atoms with Crippen molar-refractivity contribution in [2.45, 2.75) is 30.4 Å². The molecule has 0 aliphatic carbocycles. The first-order valence-electron chi connectivity index (χ1n) is 8.16. The first kappa shape index (κ1) is 17.1. The molecule has 1 heterocycles. The van der Waals surface area contributed by atoms with Gasteiger partial charge in [-0.2, -0.15) is 0 Å². The number of sulfone groups is 1. The molecule has 0 aromatic heterocycles. The minimum atomic E-state index is -3.21. The van der Waals surface area contributed by atoms with Gasteiger partial charge in [0.25, 0.3) is 0 Å². The largest absolute Gasteiger partial charge is 0.387 e. The zero-order chi connectivity index (χ0) is 17.3. The molecule has 0 amide bonds. The Morgan fingerprint density at radius 3 is 2.50 bits per heavy atom. The van der Waals surface area contributed by atoms with E-state index in [4.69, 9.17) is 0 Å². The van der Waals surface area contributed by atoms with Crippen molar-refractivity contribution >= 4 is 9.84 Å². The van der Waals surface area contributed by atoms with Gasteiger partial charge < -0.3 is 5.11 Å². The smallest absolute Gasteiger partial charge is 0.175 e. The Kier molecular flexibility index (Phi) is 4.76. The van der Waals surface area contributed by atoms with E-state index in [0.717, 1.165) is 18.5 Å². The van der Waals surface area contributed by atoms with Gasteiger partial charge in [-0.1, -0.05) is 36.4 Å². The van der Waals surface area contributed by atoms with Crippen molar-refractivity contribution in [3.8, 4) is 0 Å². The van der Waals surface area contributed by atoms with Crippen molar-refractivity contribution in [2.75, 3.05) is 19.3 Å². The molecule has 0 saturated heterocycles. The molecular weight excluding hydrogens is 322 g/mol. The van der Waals surface area contributed by atoms with Gasteiger partial charge in [0, 0.05) is 25.4 Å². The lowest BCUT2D eigenvalue weighted by molar-refractivity contribution is 0.0865. The van der Waals surface area contributed by atoms with Gasteiger partial charge in [0.2, 0.25) is 0 Å². The molecule has 24 heavy (non-hydrogen) atoms. The molecule has 1 aliphatic rings. The van der Waals surface area contributed by atoms with Gasteiger partial charge in [0.05, 0.1) is 11.0 Å². The highest BCUT2D eigenvalue weighted by atomic mass is 32.2. The number of hydrogen-bond donors (Lipinski definition) is 1. The van der Waals surface area contributed by atoms with E-state index in [0.29, 0.717) is 6.54 Å². The normalized spacial score (nSPS) is 19.7. The van der Waals surface area contributed by atoms with Crippen LogP contribution in [-0.2, 0) is 16.3 Å². The molecule has 0 spiro atoms. The van der Waals surface area contributed by atoms with Crippen LogP contribution >= 0.6 is 0 Å². The maximum Gasteiger partial charge on any atom is 0.175 e. The minimum absolute atomic E-state index is 0.264. The highest BCUT2D eigenvalue weighted by Crippen LogP contribution is 2.30. The second kappa shape index (κ2) is 6.67. The fourth-order valence-corrected chi connectivity index (χ4v) is 3.97. The van der Waals surface area contributed by atoms with Crippen LogP contribution in [0.1, 0.15) is 35.8 Å². The van der Waals surface area contributed by atoms with E-state index in [1.807, 2.05) is 0 Å². The molecule has 0 bridgehead atoms. The minimum Gasteiger partial charge on any atom is -0.387 e. The van der Waals surface area contributed by atoms with E-state index in [1.54, 1.807) is 24.3 Å². The Labute approximate surface area is 143 Å². The molecule has 0 radical (unpaired) electrons. The summed E-state index contributed by atoms with van der Waals surface area (Å²) in [4.78, 5) is 2.55. The lowest BCUT2D eigenvalue weighted by Crippen LogP contribution is -2.36. The molecule has 3 rings (SSSR count). The fourth-order valence-electron chi connectivity index (χ4n) is 3.34. The Bertz CT molecular complexity index is 815. The van der Waals surface area contributed by atoms with Crippen molar-refractivity contribution in [1.29, 1.82) is 0 Å². The maximum absolute atomic E-state index is 11.5. The average molecular weight is 345 g/mol. The Morgan fingerprint density at radius 1 is 1.17 bits per heavy atom. The molecule has 2 atom stereocenters. The van der Waals surface area contributed by atoms with E-state index in [9.17, 15) is 13.5 Å². The summed E-state index contributed by atoms with van der Waals surface area (Å²) in [5.74, 6) is 0. The van der Waals surface area contributed by atoms with Crippen LogP contribution in [0.3, 0.4) is 0 Å². The van der Waals surface area contributed by atoms with Crippen molar-refractivity contribution < 1.29 is 13.5 Å². The molecule has 5 heteroatoms. The SMILES string of the molecule is CC1c2ccccc2CCN1CC(O)c1ccc(S(C)(=O)=O)cc1. The van der Waals surface area contributed by atoms with E-state index in [1.165, 1.54) is 17.4 Å². The second-order valence-electron chi connectivity index (χ2n) is 6.48. The van der Waals surface area contributed by atoms with Crippen molar-refractivity contribution in [3.63, 3.8) is 0 Å². The van der Waals surface area contributed by atoms with Gasteiger partial charge in [-0.15, -0.1) is 0 Å². The summed E-state index contributed by atoms with van der Waals surface area (Å²) >= 11 is 0. The van der Waals surface area contributed by atoms with Gasteiger partial charge in [-0.25, -0.2) is 8.42 Å². The van der Waals surface area contributed by atoms with Crippen molar-refractivity contribution in [3.05, 3.63) is 65.2 Å². The zero-order valence-corrected chi connectivity index (χ0v) is 14.8. The molecule has 128 valence electrons. The average Bonchev–Trinajstić information content (AvgIpc) is 2.57. The third-order valence-electron chi connectivity index (χ3n) is 4.82. The summed E-state index contributed by atoms with van der Waals surface area (Å²) in [5, 5.41) is 10.5. The van der Waals surface area contributed by atoms with Gasteiger partial charge in [-0.3, -0.25) is 4.90 Å². The highest BCUT2D eigenvalue weighted by Gasteiger charge is 2.25. The molecule has 2 aromatic carbocycles. The topological polar surface area (TPSA) is 57.6 Å². The number of rotatable bonds is 4. The molecule has 2 unspecified atom stereocenters. The van der Waals surface area contributed by atoms with Crippen LogP contribution in [0.5, 0.6) is 0 Å². The monoisotopic (exact) mass is 345 g/mol.